The van der Waals surface area contributed by atoms with Crippen molar-refractivity contribution in [1.82, 2.24) is 0 Å². The zero-order valence-electron chi connectivity index (χ0n) is 5.99. The largest absolute Gasteiger partial charge is 1.00 e. The van der Waals surface area contributed by atoms with Gasteiger partial charge in [0.15, 0.2) is 0 Å². The van der Waals surface area contributed by atoms with E-state index in [4.69, 9.17) is 0 Å². The molecular formula is C2H3Li2O5P. The van der Waals surface area contributed by atoms with Crippen LogP contribution in [0.15, 0.2) is 0 Å². The van der Waals surface area contributed by atoms with Gasteiger partial charge in [0.1, 0.15) is 7.82 Å². The van der Waals surface area contributed by atoms with E-state index in [0.29, 0.717) is 0 Å². The standard InChI is InChI=1S/C2H5O5P.2Li/c1-2(3)7-8(4,5)6;;/h1H3,(H2,4,5,6);;/q;2*+1/p-2. The van der Waals surface area contributed by atoms with Crippen LogP contribution < -0.4 is 47.5 Å². The maximum absolute atomic E-state index is 9.66. The predicted octanol–water partition coefficient (Wildman–Crippen LogP) is -7.61. The molecule has 10 heavy (non-hydrogen) atoms. The van der Waals surface area contributed by atoms with Gasteiger partial charge in [-0.1, -0.05) is 0 Å². The molecule has 0 unspecified atom stereocenters. The van der Waals surface area contributed by atoms with E-state index in [9.17, 15) is 19.1 Å². The summed E-state index contributed by atoms with van der Waals surface area (Å²) < 4.78 is 12.7. The molecule has 8 heteroatoms. The molecule has 0 aliphatic heterocycles. The van der Waals surface area contributed by atoms with Gasteiger partial charge in [-0.25, -0.2) is 0 Å². The van der Waals surface area contributed by atoms with Crippen molar-refractivity contribution in [3.63, 3.8) is 0 Å². The molecule has 0 rings (SSSR count). The minimum atomic E-state index is -5.07. The number of phosphoric acid groups is 1. The van der Waals surface area contributed by atoms with Gasteiger partial charge in [-0.15, -0.1) is 0 Å². The molecule has 0 atom stereocenters. The smallest absolute Gasteiger partial charge is 0.780 e. The fourth-order valence-electron chi connectivity index (χ4n) is 0.157. The Labute approximate surface area is 82.1 Å². The van der Waals surface area contributed by atoms with E-state index in [1.807, 2.05) is 0 Å². The number of hydrogen-bond acceptors (Lipinski definition) is 5. The van der Waals surface area contributed by atoms with Crippen LogP contribution in [0.1, 0.15) is 6.92 Å². The first-order valence-corrected chi connectivity index (χ1v) is 3.10. The molecule has 0 amide bonds. The summed E-state index contributed by atoms with van der Waals surface area (Å²) in [6.45, 7) is 0.836. The number of phosphoric ester groups is 1. The number of hydrogen-bond donors (Lipinski definition) is 0. The third-order valence-electron chi connectivity index (χ3n) is 0.240. The van der Waals surface area contributed by atoms with Crippen molar-refractivity contribution in [3.8, 4) is 0 Å². The first-order chi connectivity index (χ1) is 3.42. The molecule has 0 aromatic rings. The van der Waals surface area contributed by atoms with Crippen LogP contribution in [0.5, 0.6) is 0 Å². The van der Waals surface area contributed by atoms with Crippen LogP contribution in [0, 0.1) is 0 Å². The average Bonchev–Trinajstić information content (AvgIpc) is 1.21. The van der Waals surface area contributed by atoms with Gasteiger partial charge in [-0.2, -0.15) is 0 Å². The second-order valence-electron chi connectivity index (χ2n) is 1.03. The minimum Gasteiger partial charge on any atom is -0.780 e. The van der Waals surface area contributed by atoms with Gasteiger partial charge in [-0.05, 0) is 0 Å². The van der Waals surface area contributed by atoms with Gasteiger partial charge >= 0.3 is 43.7 Å². The Morgan fingerprint density at radius 1 is 1.40 bits per heavy atom. The maximum Gasteiger partial charge on any atom is 1.00 e. The number of rotatable bonds is 1. The summed E-state index contributed by atoms with van der Waals surface area (Å²) in [5.74, 6) is -1.11. The normalized spacial score (nSPS) is 8.70. The molecule has 0 bridgehead atoms. The molecule has 0 aromatic carbocycles. The van der Waals surface area contributed by atoms with Crippen LogP contribution in [0.2, 0.25) is 0 Å². The van der Waals surface area contributed by atoms with Crippen molar-refractivity contribution in [2.45, 2.75) is 6.92 Å². The zero-order chi connectivity index (χ0) is 6.78. The summed E-state index contributed by atoms with van der Waals surface area (Å²) in [6.07, 6.45) is 0. The average molecular weight is 152 g/mol. The van der Waals surface area contributed by atoms with Gasteiger partial charge in [0.05, 0.1) is 0 Å². The molecular weight excluding hydrogens is 149 g/mol. The Hall–Kier alpha value is 0.815. The Morgan fingerprint density at radius 3 is 1.70 bits per heavy atom. The van der Waals surface area contributed by atoms with Crippen molar-refractivity contribution in [1.29, 1.82) is 0 Å². The summed E-state index contributed by atoms with van der Waals surface area (Å²) in [6, 6.07) is 0. The van der Waals surface area contributed by atoms with Crippen molar-refractivity contribution in [2.75, 3.05) is 0 Å². The molecule has 0 aliphatic rings. The molecule has 0 saturated carbocycles. The molecule has 0 spiro atoms. The van der Waals surface area contributed by atoms with Gasteiger partial charge in [0.25, 0.3) is 0 Å². The van der Waals surface area contributed by atoms with Crippen LogP contribution in [-0.2, 0) is 13.9 Å². The van der Waals surface area contributed by atoms with Crippen molar-refractivity contribution < 1.29 is 61.4 Å². The van der Waals surface area contributed by atoms with E-state index >= 15 is 0 Å². The fourth-order valence-corrected chi connectivity index (χ4v) is 0.472. The van der Waals surface area contributed by atoms with Crippen LogP contribution in [0.4, 0.5) is 0 Å². The van der Waals surface area contributed by atoms with Crippen LogP contribution in [0.3, 0.4) is 0 Å². The second-order valence-corrected chi connectivity index (χ2v) is 2.11. The number of carbonyl (C=O) groups excluding carboxylic acids is 1. The molecule has 0 aromatic heterocycles. The summed E-state index contributed by atoms with van der Waals surface area (Å²) in [5, 5.41) is 0. The minimum absolute atomic E-state index is 0. The zero-order valence-corrected chi connectivity index (χ0v) is 6.88. The SMILES string of the molecule is CC(=O)OP(=O)([O-])[O-].[Li+].[Li+]. The van der Waals surface area contributed by atoms with E-state index in [-0.39, 0.29) is 37.7 Å². The Balaban J connectivity index is -0.000000245. The van der Waals surface area contributed by atoms with E-state index in [1.165, 1.54) is 0 Å². The van der Waals surface area contributed by atoms with Gasteiger partial charge in [0.2, 0.25) is 0 Å². The van der Waals surface area contributed by atoms with Crippen LogP contribution in [0.25, 0.3) is 0 Å². The monoisotopic (exact) mass is 152 g/mol. The topological polar surface area (TPSA) is 89.5 Å². The molecule has 0 saturated heterocycles. The maximum atomic E-state index is 9.66. The van der Waals surface area contributed by atoms with Gasteiger partial charge in [-0.3, -0.25) is 4.79 Å². The molecule has 48 valence electrons. The van der Waals surface area contributed by atoms with E-state index in [2.05, 4.69) is 4.52 Å². The first kappa shape index (κ1) is 17.1. The van der Waals surface area contributed by atoms with Crippen molar-refractivity contribution in [2.24, 2.45) is 0 Å². The van der Waals surface area contributed by atoms with Gasteiger partial charge < -0.3 is 18.9 Å². The molecule has 0 N–H and O–H groups in total. The Kier molecular flexibility index (Phi) is 11.1. The van der Waals surface area contributed by atoms with Crippen LogP contribution in [-0.4, -0.2) is 5.97 Å². The number of carbonyl (C=O) groups is 1. The predicted molar refractivity (Wildman–Crippen MR) is 19.4 cm³/mol. The molecule has 0 radical (unpaired) electrons. The van der Waals surface area contributed by atoms with E-state index in [1.54, 1.807) is 0 Å². The molecule has 0 aliphatic carbocycles. The fraction of sp³-hybridized carbons (Fsp3) is 0.500. The molecule has 5 nitrogen and oxygen atoms in total. The van der Waals surface area contributed by atoms with Crippen molar-refractivity contribution in [3.05, 3.63) is 0 Å². The third kappa shape index (κ3) is 15.9. The third-order valence-corrected chi connectivity index (χ3v) is 0.721. The first-order valence-electron chi connectivity index (χ1n) is 1.64. The van der Waals surface area contributed by atoms with Crippen LogP contribution >= 0.6 is 7.82 Å². The van der Waals surface area contributed by atoms with E-state index in [0.717, 1.165) is 6.92 Å². The summed E-state index contributed by atoms with van der Waals surface area (Å²) in [7, 11) is -5.07. The molecule has 0 fully saturated rings. The van der Waals surface area contributed by atoms with E-state index < -0.39 is 13.8 Å². The second kappa shape index (κ2) is 6.52. The summed E-state index contributed by atoms with van der Waals surface area (Å²) >= 11 is 0. The van der Waals surface area contributed by atoms with Gasteiger partial charge in [0, 0.05) is 6.92 Å². The Morgan fingerprint density at radius 2 is 1.70 bits per heavy atom. The Bertz CT molecular complexity index is 141. The molecule has 0 heterocycles. The van der Waals surface area contributed by atoms with Crippen molar-refractivity contribution >= 4 is 13.8 Å². The quantitative estimate of drug-likeness (QED) is 0.275. The summed E-state index contributed by atoms with van der Waals surface area (Å²) in [5.41, 5.74) is 0. The summed E-state index contributed by atoms with van der Waals surface area (Å²) in [4.78, 5) is 28.6.